The second-order valence-electron chi connectivity index (χ2n) is 7.13. The molecule has 1 aromatic carbocycles. The van der Waals surface area contributed by atoms with E-state index in [-0.39, 0.29) is 11.7 Å². The Morgan fingerprint density at radius 2 is 2.07 bits per heavy atom. The molecule has 5 rings (SSSR count). The van der Waals surface area contributed by atoms with Crippen molar-refractivity contribution in [3.05, 3.63) is 45.3 Å². The molecule has 3 heterocycles. The van der Waals surface area contributed by atoms with Crippen molar-refractivity contribution in [2.75, 3.05) is 6.61 Å². The quantitative estimate of drug-likeness (QED) is 0.494. The third kappa shape index (κ3) is 3.39. The highest BCUT2D eigenvalue weighted by molar-refractivity contribution is 7.98. The molecule has 8 heteroatoms. The Hall–Kier alpha value is -2.19. The van der Waals surface area contributed by atoms with Crippen molar-refractivity contribution in [3.63, 3.8) is 0 Å². The largest absolute Gasteiger partial charge is 0.423 e. The van der Waals surface area contributed by atoms with Crippen LogP contribution in [-0.4, -0.2) is 32.9 Å². The molecule has 0 radical (unpaired) electrons. The van der Waals surface area contributed by atoms with Crippen molar-refractivity contribution in [2.24, 2.45) is 0 Å². The topological polar surface area (TPSA) is 83.0 Å². The highest BCUT2D eigenvalue weighted by atomic mass is 32.2. The van der Waals surface area contributed by atoms with Gasteiger partial charge in [-0.25, -0.2) is 9.48 Å². The van der Waals surface area contributed by atoms with Gasteiger partial charge in [0, 0.05) is 23.8 Å². The zero-order valence-electron chi connectivity index (χ0n) is 14.9. The molecule has 0 saturated carbocycles. The number of benzene rings is 1. The van der Waals surface area contributed by atoms with E-state index in [1.807, 2.05) is 6.07 Å². The Labute approximate surface area is 160 Å². The van der Waals surface area contributed by atoms with Gasteiger partial charge in [-0.05, 0) is 71.4 Å². The molecule has 140 valence electrons. The molecule has 7 nitrogen and oxygen atoms in total. The SMILES string of the molecule is O=c1cc(CSc2nnnn2CC2CCCO2)c2cc3c(cc2o1)CCC3. The van der Waals surface area contributed by atoms with Crippen LogP contribution in [0.2, 0.25) is 0 Å². The number of aryl methyl sites for hydroxylation is 2. The summed E-state index contributed by atoms with van der Waals surface area (Å²) in [7, 11) is 0. The smallest absolute Gasteiger partial charge is 0.336 e. The fourth-order valence-corrected chi connectivity index (χ4v) is 4.83. The second-order valence-corrected chi connectivity index (χ2v) is 8.07. The highest BCUT2D eigenvalue weighted by Crippen LogP contribution is 2.31. The molecule has 27 heavy (non-hydrogen) atoms. The van der Waals surface area contributed by atoms with Crippen molar-refractivity contribution >= 4 is 22.7 Å². The lowest BCUT2D eigenvalue weighted by Gasteiger charge is -2.10. The number of nitrogens with zero attached hydrogens (tertiary/aromatic N) is 4. The van der Waals surface area contributed by atoms with Crippen LogP contribution in [0.5, 0.6) is 0 Å². The monoisotopic (exact) mass is 384 g/mol. The summed E-state index contributed by atoms with van der Waals surface area (Å²) in [5.41, 5.74) is 4.00. The number of rotatable bonds is 5. The van der Waals surface area contributed by atoms with Gasteiger partial charge in [-0.2, -0.15) is 0 Å². The van der Waals surface area contributed by atoms with Crippen LogP contribution >= 0.6 is 11.8 Å². The van der Waals surface area contributed by atoms with Crippen molar-refractivity contribution in [3.8, 4) is 0 Å². The van der Waals surface area contributed by atoms with E-state index in [4.69, 9.17) is 9.15 Å². The van der Waals surface area contributed by atoms with Crippen molar-refractivity contribution < 1.29 is 9.15 Å². The predicted molar refractivity (Wildman–Crippen MR) is 101 cm³/mol. The highest BCUT2D eigenvalue weighted by Gasteiger charge is 2.20. The van der Waals surface area contributed by atoms with Crippen LogP contribution in [0.1, 0.15) is 36.0 Å². The molecule has 1 saturated heterocycles. The summed E-state index contributed by atoms with van der Waals surface area (Å²) in [4.78, 5) is 12.0. The second kappa shape index (κ2) is 7.09. The van der Waals surface area contributed by atoms with Gasteiger partial charge in [0.1, 0.15) is 5.58 Å². The first kappa shape index (κ1) is 16.9. The lowest BCUT2D eigenvalue weighted by molar-refractivity contribution is 0.0912. The van der Waals surface area contributed by atoms with Crippen LogP contribution < -0.4 is 5.63 Å². The summed E-state index contributed by atoms with van der Waals surface area (Å²) < 4.78 is 12.9. The summed E-state index contributed by atoms with van der Waals surface area (Å²) in [5.74, 6) is 0.618. The fourth-order valence-electron chi connectivity index (χ4n) is 3.95. The van der Waals surface area contributed by atoms with Gasteiger partial charge in [0.2, 0.25) is 5.16 Å². The van der Waals surface area contributed by atoms with Crippen LogP contribution in [0.4, 0.5) is 0 Å². The average molecular weight is 384 g/mol. The van der Waals surface area contributed by atoms with E-state index in [1.54, 1.807) is 10.7 Å². The Balaban J connectivity index is 1.41. The Kier molecular flexibility index (Phi) is 4.45. The van der Waals surface area contributed by atoms with Crippen LogP contribution in [0, 0.1) is 0 Å². The zero-order chi connectivity index (χ0) is 18.2. The maximum Gasteiger partial charge on any atom is 0.336 e. The van der Waals surface area contributed by atoms with Crippen molar-refractivity contribution in [1.29, 1.82) is 0 Å². The minimum absolute atomic E-state index is 0.181. The molecule has 1 aliphatic heterocycles. The van der Waals surface area contributed by atoms with E-state index in [1.165, 1.54) is 22.9 Å². The molecule has 0 N–H and O–H groups in total. The van der Waals surface area contributed by atoms with Gasteiger partial charge in [0.15, 0.2) is 0 Å². The van der Waals surface area contributed by atoms with Gasteiger partial charge in [-0.3, -0.25) is 0 Å². The Bertz CT molecular complexity index is 1040. The third-order valence-corrected chi connectivity index (χ3v) is 6.30. The molecular formula is C19H20N4O3S. The molecule has 1 atom stereocenters. The summed E-state index contributed by atoms with van der Waals surface area (Å²) in [5, 5.41) is 13.8. The van der Waals surface area contributed by atoms with E-state index >= 15 is 0 Å². The fraction of sp³-hybridized carbons (Fsp3) is 0.474. The first-order valence-corrected chi connectivity index (χ1v) is 10.3. The normalized spacial score (nSPS) is 19.0. The van der Waals surface area contributed by atoms with Gasteiger partial charge in [0.25, 0.3) is 0 Å². The Morgan fingerprint density at radius 3 is 2.93 bits per heavy atom. The lowest BCUT2D eigenvalue weighted by Crippen LogP contribution is -2.16. The van der Waals surface area contributed by atoms with Crippen LogP contribution in [0.3, 0.4) is 0 Å². The molecule has 2 aliphatic rings. The van der Waals surface area contributed by atoms with Gasteiger partial charge >= 0.3 is 5.63 Å². The maximum absolute atomic E-state index is 12.0. The molecule has 0 spiro atoms. The summed E-state index contributed by atoms with van der Waals surface area (Å²) in [6, 6.07) is 5.81. The number of hydrogen-bond acceptors (Lipinski definition) is 7. The molecule has 3 aromatic rings. The number of tetrazole rings is 1. The first-order valence-electron chi connectivity index (χ1n) is 9.35. The van der Waals surface area contributed by atoms with E-state index in [0.29, 0.717) is 17.9 Å². The average Bonchev–Trinajstić information content (AvgIpc) is 3.40. The number of aromatic nitrogens is 4. The Morgan fingerprint density at radius 1 is 1.19 bits per heavy atom. The number of hydrogen-bond donors (Lipinski definition) is 0. The van der Waals surface area contributed by atoms with E-state index in [0.717, 1.165) is 54.8 Å². The summed E-state index contributed by atoms with van der Waals surface area (Å²) >= 11 is 1.54. The summed E-state index contributed by atoms with van der Waals surface area (Å²) in [6.07, 6.45) is 5.63. The van der Waals surface area contributed by atoms with Gasteiger partial charge in [0.05, 0.1) is 12.6 Å². The van der Waals surface area contributed by atoms with Crippen molar-refractivity contribution in [2.45, 2.75) is 55.7 Å². The van der Waals surface area contributed by atoms with Crippen molar-refractivity contribution in [1.82, 2.24) is 20.2 Å². The zero-order valence-corrected chi connectivity index (χ0v) is 15.7. The minimum atomic E-state index is -0.310. The van der Waals surface area contributed by atoms with Crippen LogP contribution in [0.25, 0.3) is 11.0 Å². The summed E-state index contributed by atoms with van der Waals surface area (Å²) in [6.45, 7) is 1.48. The van der Waals surface area contributed by atoms with Gasteiger partial charge in [-0.15, -0.1) is 5.10 Å². The first-order chi connectivity index (χ1) is 13.3. The molecule has 1 unspecified atom stereocenters. The van der Waals surface area contributed by atoms with E-state index < -0.39 is 0 Å². The van der Waals surface area contributed by atoms with E-state index in [2.05, 4.69) is 21.6 Å². The molecule has 1 fully saturated rings. The number of ether oxygens (including phenoxy) is 1. The third-order valence-electron chi connectivity index (χ3n) is 5.30. The minimum Gasteiger partial charge on any atom is -0.423 e. The van der Waals surface area contributed by atoms with Gasteiger partial charge in [-0.1, -0.05) is 11.8 Å². The predicted octanol–water partition coefficient (Wildman–Crippen LogP) is 2.74. The van der Waals surface area contributed by atoms with E-state index in [9.17, 15) is 4.79 Å². The standard InChI is InChI=1S/C19H20N4O3S/c24-18-9-14(16-7-12-3-1-4-13(12)8-17(16)26-18)11-27-19-20-21-22-23(19)10-15-5-2-6-25-15/h7-9,15H,1-6,10-11H2. The molecule has 1 aliphatic carbocycles. The number of fused-ring (bicyclic) bond motifs is 2. The van der Waals surface area contributed by atoms with Crippen LogP contribution in [0.15, 0.2) is 32.6 Å². The molecule has 2 aromatic heterocycles. The van der Waals surface area contributed by atoms with Gasteiger partial charge < -0.3 is 9.15 Å². The number of thioether (sulfide) groups is 1. The van der Waals surface area contributed by atoms with Crippen LogP contribution in [-0.2, 0) is 29.9 Å². The molecular weight excluding hydrogens is 364 g/mol. The lowest BCUT2D eigenvalue weighted by atomic mass is 10.0. The molecule has 0 amide bonds. The molecule has 0 bridgehead atoms. The maximum atomic E-state index is 12.0.